The number of amides is 1. The molecule has 4 heterocycles. The number of nitrogens with one attached hydrogen (secondary N) is 1. The van der Waals surface area contributed by atoms with Gasteiger partial charge in [0.2, 0.25) is 0 Å². The molecule has 0 spiro atoms. The van der Waals surface area contributed by atoms with Gasteiger partial charge in [0, 0.05) is 23.3 Å². The highest BCUT2D eigenvalue weighted by Crippen LogP contribution is 2.29. The van der Waals surface area contributed by atoms with E-state index in [9.17, 15) is 4.79 Å². The van der Waals surface area contributed by atoms with E-state index in [-0.39, 0.29) is 5.91 Å². The van der Waals surface area contributed by atoms with E-state index in [4.69, 9.17) is 0 Å². The van der Waals surface area contributed by atoms with Crippen molar-refractivity contribution in [2.75, 3.05) is 5.32 Å². The van der Waals surface area contributed by atoms with E-state index in [0.29, 0.717) is 16.4 Å². The zero-order valence-corrected chi connectivity index (χ0v) is 14.8. The van der Waals surface area contributed by atoms with Crippen molar-refractivity contribution in [1.82, 2.24) is 19.7 Å². The molecule has 0 saturated carbocycles. The predicted octanol–water partition coefficient (Wildman–Crippen LogP) is 4.01. The summed E-state index contributed by atoms with van der Waals surface area (Å²) in [6, 6.07) is 7.44. The normalized spacial score (nSPS) is 10.8. The van der Waals surface area contributed by atoms with Crippen LogP contribution in [0, 0.1) is 6.92 Å². The molecule has 0 aliphatic carbocycles. The number of carbonyl (C=O) groups is 1. The number of thiazole rings is 1. The van der Waals surface area contributed by atoms with Crippen LogP contribution in [-0.2, 0) is 0 Å². The molecule has 1 N–H and O–H groups in total. The van der Waals surface area contributed by atoms with E-state index in [1.54, 1.807) is 40.5 Å². The molecule has 0 aliphatic rings. The Morgan fingerprint density at radius 2 is 2.20 bits per heavy atom. The van der Waals surface area contributed by atoms with Crippen molar-refractivity contribution in [3.05, 3.63) is 64.2 Å². The number of hydrogen-bond acceptors (Lipinski definition) is 6. The first kappa shape index (κ1) is 15.7. The van der Waals surface area contributed by atoms with Crippen LogP contribution in [0.4, 0.5) is 5.69 Å². The fraction of sp³-hybridized carbons (Fsp3) is 0.0588. The van der Waals surface area contributed by atoms with Gasteiger partial charge in [-0.3, -0.25) is 4.79 Å². The second kappa shape index (κ2) is 6.58. The molecule has 0 bridgehead atoms. The maximum absolute atomic E-state index is 12.5. The third kappa shape index (κ3) is 3.21. The van der Waals surface area contributed by atoms with Gasteiger partial charge in [-0.1, -0.05) is 0 Å². The lowest BCUT2D eigenvalue weighted by atomic mass is 10.3. The number of aromatic nitrogens is 4. The maximum atomic E-state index is 12.5. The van der Waals surface area contributed by atoms with E-state index in [2.05, 4.69) is 20.4 Å². The van der Waals surface area contributed by atoms with Crippen LogP contribution in [0.5, 0.6) is 0 Å². The second-order valence-electron chi connectivity index (χ2n) is 5.26. The Hall–Kier alpha value is -2.84. The Labute approximate surface area is 151 Å². The van der Waals surface area contributed by atoms with Gasteiger partial charge in [0.15, 0.2) is 5.82 Å². The summed E-state index contributed by atoms with van der Waals surface area (Å²) in [4.78, 5) is 22.0. The topological polar surface area (TPSA) is 72.7 Å². The van der Waals surface area contributed by atoms with E-state index in [1.165, 1.54) is 11.3 Å². The number of hydrogen-bond donors (Lipinski definition) is 1. The average molecular weight is 367 g/mol. The zero-order valence-electron chi connectivity index (χ0n) is 13.2. The largest absolute Gasteiger partial charge is 0.320 e. The number of aryl methyl sites for hydroxylation is 1. The Kier molecular flexibility index (Phi) is 4.12. The minimum absolute atomic E-state index is 0.176. The molecule has 25 heavy (non-hydrogen) atoms. The van der Waals surface area contributed by atoms with Gasteiger partial charge < -0.3 is 5.32 Å². The predicted molar refractivity (Wildman–Crippen MR) is 99.5 cm³/mol. The summed E-state index contributed by atoms with van der Waals surface area (Å²) in [7, 11) is 0. The molecule has 0 atom stereocenters. The summed E-state index contributed by atoms with van der Waals surface area (Å²) in [5.41, 5.74) is 2.40. The molecule has 0 unspecified atom stereocenters. The summed E-state index contributed by atoms with van der Waals surface area (Å²) in [6.45, 7) is 1.85. The third-order valence-corrected chi connectivity index (χ3v) is 5.40. The van der Waals surface area contributed by atoms with Crippen LogP contribution < -0.4 is 5.32 Å². The van der Waals surface area contributed by atoms with Gasteiger partial charge in [0.05, 0.1) is 17.6 Å². The van der Waals surface area contributed by atoms with Gasteiger partial charge in [-0.25, -0.2) is 14.6 Å². The summed E-state index contributed by atoms with van der Waals surface area (Å²) in [5.74, 6) is 0.516. The number of nitrogens with zero attached hydrogens (tertiary/aromatic N) is 4. The quantitative estimate of drug-likeness (QED) is 0.591. The zero-order chi connectivity index (χ0) is 17.2. The monoisotopic (exact) mass is 367 g/mol. The van der Waals surface area contributed by atoms with Crippen molar-refractivity contribution >= 4 is 34.3 Å². The Morgan fingerprint density at radius 1 is 1.28 bits per heavy atom. The summed E-state index contributed by atoms with van der Waals surface area (Å²) < 4.78 is 1.66. The molecule has 4 aromatic rings. The molecule has 6 nitrogen and oxygen atoms in total. The molecule has 0 aliphatic heterocycles. The molecule has 0 radical (unpaired) electrons. The van der Waals surface area contributed by atoms with Crippen LogP contribution in [-0.4, -0.2) is 25.7 Å². The average Bonchev–Trinajstić information content (AvgIpc) is 3.37. The van der Waals surface area contributed by atoms with Crippen molar-refractivity contribution in [1.29, 1.82) is 0 Å². The van der Waals surface area contributed by atoms with Crippen molar-refractivity contribution in [2.45, 2.75) is 6.92 Å². The number of thiophene rings is 1. The van der Waals surface area contributed by atoms with Crippen LogP contribution in [0.1, 0.15) is 15.4 Å². The smallest absolute Gasteiger partial charge is 0.267 e. The summed E-state index contributed by atoms with van der Waals surface area (Å²) in [6.07, 6.45) is 5.12. The molecule has 1 amide bonds. The Balaban J connectivity index is 1.52. The minimum Gasteiger partial charge on any atom is -0.320 e. The van der Waals surface area contributed by atoms with Gasteiger partial charge in [-0.2, -0.15) is 16.4 Å². The molecule has 0 saturated heterocycles. The first-order valence-electron chi connectivity index (χ1n) is 7.48. The number of rotatable bonds is 4. The van der Waals surface area contributed by atoms with Gasteiger partial charge in [0.1, 0.15) is 9.88 Å². The molecule has 4 rings (SSSR count). The van der Waals surface area contributed by atoms with Gasteiger partial charge in [-0.05, 0) is 36.6 Å². The first-order valence-corrected chi connectivity index (χ1v) is 9.24. The molecule has 4 aromatic heterocycles. The lowest BCUT2D eigenvalue weighted by molar-refractivity contribution is 0.103. The second-order valence-corrected chi connectivity index (χ2v) is 7.03. The van der Waals surface area contributed by atoms with Crippen LogP contribution >= 0.6 is 22.7 Å². The maximum Gasteiger partial charge on any atom is 0.267 e. The standard InChI is InChI=1S/C17H13N5OS2/c1-11-15(25-17(20-11)12-5-8-24-10-12)16(23)21-13-3-4-14(18-9-13)22-7-2-6-19-22/h2-10H,1H3,(H,21,23). The Bertz CT molecular complexity index is 989. The summed E-state index contributed by atoms with van der Waals surface area (Å²) >= 11 is 3.01. The van der Waals surface area contributed by atoms with Gasteiger partial charge >= 0.3 is 0 Å². The van der Waals surface area contributed by atoms with E-state index >= 15 is 0 Å². The highest BCUT2D eigenvalue weighted by atomic mass is 32.1. The third-order valence-electron chi connectivity index (χ3n) is 3.52. The fourth-order valence-electron chi connectivity index (χ4n) is 2.30. The van der Waals surface area contributed by atoms with Crippen LogP contribution in [0.3, 0.4) is 0 Å². The van der Waals surface area contributed by atoms with Gasteiger partial charge in [0.25, 0.3) is 5.91 Å². The molecule has 0 aromatic carbocycles. The molecular formula is C17H13N5OS2. The Morgan fingerprint density at radius 3 is 2.88 bits per heavy atom. The van der Waals surface area contributed by atoms with E-state index < -0.39 is 0 Å². The van der Waals surface area contributed by atoms with Crippen LogP contribution in [0.2, 0.25) is 0 Å². The van der Waals surface area contributed by atoms with Crippen molar-refractivity contribution < 1.29 is 4.79 Å². The summed E-state index contributed by atoms with van der Waals surface area (Å²) in [5, 5.41) is 11.9. The molecule has 124 valence electrons. The molecule has 0 fully saturated rings. The van der Waals surface area contributed by atoms with E-state index in [1.807, 2.05) is 36.0 Å². The van der Waals surface area contributed by atoms with Gasteiger partial charge in [-0.15, -0.1) is 11.3 Å². The SMILES string of the molecule is Cc1nc(-c2ccsc2)sc1C(=O)Nc1ccc(-n2cccn2)nc1. The molecule has 8 heteroatoms. The van der Waals surface area contributed by atoms with Crippen LogP contribution in [0.15, 0.2) is 53.6 Å². The number of anilines is 1. The van der Waals surface area contributed by atoms with Crippen molar-refractivity contribution in [3.8, 4) is 16.4 Å². The number of carbonyl (C=O) groups excluding carboxylic acids is 1. The minimum atomic E-state index is -0.176. The van der Waals surface area contributed by atoms with Crippen molar-refractivity contribution in [2.24, 2.45) is 0 Å². The highest BCUT2D eigenvalue weighted by molar-refractivity contribution is 7.17. The number of pyridine rings is 1. The lowest BCUT2D eigenvalue weighted by Crippen LogP contribution is -2.12. The highest BCUT2D eigenvalue weighted by Gasteiger charge is 2.16. The first-order chi connectivity index (χ1) is 12.2. The lowest BCUT2D eigenvalue weighted by Gasteiger charge is -2.05. The fourth-order valence-corrected chi connectivity index (χ4v) is 3.98. The van der Waals surface area contributed by atoms with Crippen molar-refractivity contribution in [3.63, 3.8) is 0 Å². The van der Waals surface area contributed by atoms with E-state index in [0.717, 1.165) is 16.3 Å². The molecular weight excluding hydrogens is 354 g/mol. The van der Waals surface area contributed by atoms with Crippen LogP contribution in [0.25, 0.3) is 16.4 Å².